The van der Waals surface area contributed by atoms with Gasteiger partial charge >= 0.3 is 0 Å². The lowest BCUT2D eigenvalue weighted by Gasteiger charge is -2.08. The number of aromatic nitrogens is 5. The van der Waals surface area contributed by atoms with Crippen LogP contribution >= 0.6 is 35.0 Å². The molecule has 0 saturated heterocycles. The van der Waals surface area contributed by atoms with Gasteiger partial charge in [-0.15, -0.1) is 27.0 Å². The van der Waals surface area contributed by atoms with Gasteiger partial charge in [0.1, 0.15) is 12.4 Å². The highest BCUT2D eigenvalue weighted by Gasteiger charge is 2.15. The number of halogens is 2. The summed E-state index contributed by atoms with van der Waals surface area (Å²) < 4.78 is 13.5. The maximum absolute atomic E-state index is 5.92. The zero-order valence-corrected chi connectivity index (χ0v) is 18.6. The van der Waals surface area contributed by atoms with Gasteiger partial charge in [0.05, 0.1) is 5.75 Å². The van der Waals surface area contributed by atoms with Crippen LogP contribution in [0.15, 0.2) is 70.8 Å². The summed E-state index contributed by atoms with van der Waals surface area (Å²) in [4.78, 5) is 0. The van der Waals surface area contributed by atoms with Crippen molar-refractivity contribution in [3.63, 3.8) is 0 Å². The van der Waals surface area contributed by atoms with Crippen LogP contribution < -0.4 is 4.74 Å². The zero-order chi connectivity index (χ0) is 21.6. The van der Waals surface area contributed by atoms with Gasteiger partial charge in [0.15, 0.2) is 11.0 Å². The largest absolute Gasteiger partial charge is 0.486 e. The van der Waals surface area contributed by atoms with E-state index in [2.05, 4.69) is 27.0 Å². The number of thioether (sulfide) groups is 1. The topological polar surface area (TPSA) is 78.9 Å². The minimum atomic E-state index is 0.268. The summed E-state index contributed by atoms with van der Waals surface area (Å²) in [5.41, 5.74) is 0.810. The monoisotopic (exact) mass is 473 g/mol. The molecule has 0 unspecified atom stereocenters. The van der Waals surface area contributed by atoms with Crippen LogP contribution in [0.2, 0.25) is 10.0 Å². The third-order valence-corrected chi connectivity index (χ3v) is 5.62. The predicted octanol–water partition coefficient (Wildman–Crippen LogP) is 5.69. The normalized spacial score (nSPS) is 10.9. The van der Waals surface area contributed by atoms with Gasteiger partial charge in [0.25, 0.3) is 0 Å². The summed E-state index contributed by atoms with van der Waals surface area (Å²) in [5, 5.41) is 18.8. The van der Waals surface area contributed by atoms with Crippen molar-refractivity contribution in [3.8, 4) is 17.2 Å². The smallest absolute Gasteiger partial charge is 0.247 e. The molecule has 0 spiro atoms. The van der Waals surface area contributed by atoms with Crippen molar-refractivity contribution in [1.82, 2.24) is 25.0 Å². The van der Waals surface area contributed by atoms with Gasteiger partial charge < -0.3 is 9.15 Å². The Bertz CT molecular complexity index is 1160. The Morgan fingerprint density at radius 3 is 2.39 bits per heavy atom. The Hall–Kier alpha value is -2.81. The molecule has 158 valence electrons. The molecule has 0 aliphatic heterocycles. The summed E-state index contributed by atoms with van der Waals surface area (Å²) in [6.07, 6.45) is 1.78. The van der Waals surface area contributed by atoms with Crippen LogP contribution in [0.5, 0.6) is 5.75 Å². The first-order valence-corrected chi connectivity index (χ1v) is 11.0. The summed E-state index contributed by atoms with van der Waals surface area (Å²) in [6, 6.07) is 14.4. The van der Waals surface area contributed by atoms with E-state index in [0.29, 0.717) is 50.9 Å². The molecule has 0 aliphatic rings. The average molecular weight is 474 g/mol. The van der Waals surface area contributed by atoms with E-state index in [1.54, 1.807) is 42.5 Å². The molecule has 4 aromatic rings. The minimum absolute atomic E-state index is 0.268. The van der Waals surface area contributed by atoms with Gasteiger partial charge in [0.2, 0.25) is 11.8 Å². The quantitative estimate of drug-likeness (QED) is 0.228. The van der Waals surface area contributed by atoms with Crippen molar-refractivity contribution < 1.29 is 9.15 Å². The maximum atomic E-state index is 5.92. The Kier molecular flexibility index (Phi) is 6.91. The summed E-state index contributed by atoms with van der Waals surface area (Å²) in [7, 11) is 0. The first kappa shape index (κ1) is 21.4. The summed E-state index contributed by atoms with van der Waals surface area (Å²) >= 11 is 13.3. The second-order valence-electron chi connectivity index (χ2n) is 6.34. The van der Waals surface area contributed by atoms with Gasteiger partial charge in [-0.2, -0.15) is 0 Å². The molecule has 0 fully saturated rings. The molecule has 2 aromatic heterocycles. The number of rotatable bonds is 9. The SMILES string of the molecule is C=CCn1c(COc2ccc(Cl)cc2)nnc1SCc1nnc(-c2ccc(Cl)cc2)o1. The molecule has 0 N–H and O–H groups in total. The number of hydrogen-bond donors (Lipinski definition) is 0. The molecule has 0 bridgehead atoms. The summed E-state index contributed by atoms with van der Waals surface area (Å²) in [5.74, 6) is 2.77. The molecular formula is C21H17Cl2N5O2S. The molecule has 0 atom stereocenters. The Morgan fingerprint density at radius 1 is 0.968 bits per heavy atom. The van der Waals surface area contributed by atoms with Gasteiger partial charge in [-0.3, -0.25) is 4.57 Å². The third-order valence-electron chi connectivity index (χ3n) is 4.17. The molecule has 2 heterocycles. The lowest BCUT2D eigenvalue weighted by atomic mass is 10.2. The average Bonchev–Trinajstić information content (AvgIpc) is 3.40. The first-order valence-electron chi connectivity index (χ1n) is 9.25. The van der Waals surface area contributed by atoms with E-state index < -0.39 is 0 Å². The molecule has 2 aromatic carbocycles. The molecule has 4 rings (SSSR count). The van der Waals surface area contributed by atoms with Crippen molar-refractivity contribution in [1.29, 1.82) is 0 Å². The van der Waals surface area contributed by atoms with Crippen molar-refractivity contribution in [2.24, 2.45) is 0 Å². The number of allylic oxidation sites excluding steroid dienone is 1. The van der Waals surface area contributed by atoms with E-state index in [1.807, 2.05) is 16.7 Å². The second kappa shape index (κ2) is 10.00. The molecule has 10 heteroatoms. The van der Waals surface area contributed by atoms with Crippen molar-refractivity contribution in [2.75, 3.05) is 0 Å². The fourth-order valence-corrected chi connectivity index (χ4v) is 3.73. The highest BCUT2D eigenvalue weighted by Crippen LogP contribution is 2.25. The molecule has 0 amide bonds. The van der Waals surface area contributed by atoms with Gasteiger partial charge in [-0.05, 0) is 48.5 Å². The van der Waals surface area contributed by atoms with Crippen LogP contribution in [0.3, 0.4) is 0 Å². The van der Waals surface area contributed by atoms with Crippen molar-refractivity contribution in [3.05, 3.63) is 82.9 Å². The van der Waals surface area contributed by atoms with Crippen LogP contribution in [0.4, 0.5) is 0 Å². The van der Waals surface area contributed by atoms with E-state index in [1.165, 1.54) is 11.8 Å². The lowest BCUT2D eigenvalue weighted by Crippen LogP contribution is -2.07. The molecule has 0 aliphatic carbocycles. The fraction of sp³-hybridized carbons (Fsp3) is 0.143. The second-order valence-corrected chi connectivity index (χ2v) is 8.15. The van der Waals surface area contributed by atoms with Crippen LogP contribution in [0.25, 0.3) is 11.5 Å². The molecule has 31 heavy (non-hydrogen) atoms. The van der Waals surface area contributed by atoms with Crippen LogP contribution in [0.1, 0.15) is 11.7 Å². The van der Waals surface area contributed by atoms with E-state index in [9.17, 15) is 0 Å². The number of nitrogens with zero attached hydrogens (tertiary/aromatic N) is 5. The highest BCUT2D eigenvalue weighted by molar-refractivity contribution is 7.98. The predicted molar refractivity (Wildman–Crippen MR) is 120 cm³/mol. The van der Waals surface area contributed by atoms with Gasteiger partial charge in [0, 0.05) is 22.2 Å². The van der Waals surface area contributed by atoms with Gasteiger partial charge in [-0.25, -0.2) is 0 Å². The van der Waals surface area contributed by atoms with E-state index >= 15 is 0 Å². The maximum Gasteiger partial charge on any atom is 0.247 e. The lowest BCUT2D eigenvalue weighted by molar-refractivity contribution is 0.289. The van der Waals surface area contributed by atoms with Gasteiger partial charge in [-0.1, -0.05) is 41.0 Å². The van der Waals surface area contributed by atoms with Crippen LogP contribution in [-0.2, 0) is 18.9 Å². The number of benzene rings is 2. The number of hydrogen-bond acceptors (Lipinski definition) is 7. The van der Waals surface area contributed by atoms with Crippen molar-refractivity contribution in [2.45, 2.75) is 24.1 Å². The van der Waals surface area contributed by atoms with Crippen LogP contribution in [-0.4, -0.2) is 25.0 Å². The molecular weight excluding hydrogens is 457 g/mol. The van der Waals surface area contributed by atoms with Crippen LogP contribution in [0, 0.1) is 0 Å². The van der Waals surface area contributed by atoms with E-state index in [4.69, 9.17) is 32.4 Å². The minimum Gasteiger partial charge on any atom is -0.486 e. The third kappa shape index (κ3) is 5.46. The Labute approximate surface area is 193 Å². The first-order chi connectivity index (χ1) is 15.1. The molecule has 0 saturated carbocycles. The Morgan fingerprint density at radius 2 is 1.68 bits per heavy atom. The summed E-state index contributed by atoms with van der Waals surface area (Å²) in [6.45, 7) is 4.63. The van der Waals surface area contributed by atoms with E-state index in [0.717, 1.165) is 5.56 Å². The molecule has 7 nitrogen and oxygen atoms in total. The fourth-order valence-electron chi connectivity index (χ4n) is 2.67. The van der Waals surface area contributed by atoms with E-state index in [-0.39, 0.29) is 6.61 Å². The zero-order valence-electron chi connectivity index (χ0n) is 16.2. The molecule has 0 radical (unpaired) electrons. The standard InChI is InChI=1S/C21H17Cl2N5O2S/c1-2-11-28-18(12-29-17-9-7-16(23)8-10-17)24-27-21(28)31-13-19-25-26-20(30-19)14-3-5-15(22)6-4-14/h2-10H,1,11-13H2. The number of ether oxygens (including phenoxy) is 1. The Balaban J connectivity index is 1.42. The highest BCUT2D eigenvalue weighted by atomic mass is 35.5. The van der Waals surface area contributed by atoms with Crippen molar-refractivity contribution >= 4 is 35.0 Å².